The first-order valence-corrected chi connectivity index (χ1v) is 9.04. The third-order valence-corrected chi connectivity index (χ3v) is 5.35. The van der Waals surface area contributed by atoms with Crippen molar-refractivity contribution in [1.29, 1.82) is 5.26 Å². The minimum atomic E-state index is -3.73. The molecule has 2 N–H and O–H groups in total. The van der Waals surface area contributed by atoms with Gasteiger partial charge in [0.1, 0.15) is 4.90 Å². The first kappa shape index (κ1) is 18.6. The Labute approximate surface area is 146 Å². The fourth-order valence-electron chi connectivity index (χ4n) is 2.51. The molecule has 0 aliphatic rings. The summed E-state index contributed by atoms with van der Waals surface area (Å²) in [5.41, 5.74) is 1.81. The van der Waals surface area contributed by atoms with Gasteiger partial charge in [-0.25, -0.2) is 13.1 Å². The van der Waals surface area contributed by atoms with Gasteiger partial charge in [-0.05, 0) is 32.0 Å². The molecule has 0 aliphatic carbocycles. The molecular formula is C16H19N5O3S. The summed E-state index contributed by atoms with van der Waals surface area (Å²) >= 11 is 0. The van der Waals surface area contributed by atoms with E-state index in [0.717, 1.165) is 0 Å². The second-order valence-electron chi connectivity index (χ2n) is 5.49. The maximum absolute atomic E-state index is 12.4. The maximum atomic E-state index is 12.4. The number of benzene rings is 1. The predicted octanol–water partition coefficient (Wildman–Crippen LogP) is 1.23. The van der Waals surface area contributed by atoms with Crippen LogP contribution >= 0.6 is 0 Å². The van der Waals surface area contributed by atoms with Gasteiger partial charge in [0.15, 0.2) is 0 Å². The van der Waals surface area contributed by atoms with Crippen LogP contribution in [0.15, 0.2) is 29.2 Å². The van der Waals surface area contributed by atoms with Crippen molar-refractivity contribution in [2.45, 2.75) is 25.7 Å². The molecule has 1 heterocycles. The molecule has 0 radical (unpaired) electrons. The van der Waals surface area contributed by atoms with Gasteiger partial charge >= 0.3 is 0 Å². The van der Waals surface area contributed by atoms with E-state index in [1.54, 1.807) is 38.1 Å². The molecule has 2 aromatic rings. The number of aryl methyl sites for hydroxylation is 2. The van der Waals surface area contributed by atoms with Gasteiger partial charge in [0, 0.05) is 25.7 Å². The second kappa shape index (κ2) is 7.46. The van der Waals surface area contributed by atoms with Gasteiger partial charge in [-0.3, -0.25) is 9.89 Å². The first-order chi connectivity index (χ1) is 11.8. The van der Waals surface area contributed by atoms with Gasteiger partial charge in [0.2, 0.25) is 15.9 Å². The van der Waals surface area contributed by atoms with Crippen LogP contribution < -0.4 is 9.62 Å². The molecule has 0 aliphatic heterocycles. The number of rotatable bonds is 6. The van der Waals surface area contributed by atoms with Crippen molar-refractivity contribution in [2.75, 3.05) is 18.0 Å². The number of amides is 1. The second-order valence-corrected chi connectivity index (χ2v) is 7.20. The van der Waals surface area contributed by atoms with E-state index >= 15 is 0 Å². The van der Waals surface area contributed by atoms with Crippen LogP contribution in [0.5, 0.6) is 0 Å². The molecule has 0 unspecified atom stereocenters. The number of hydrogen-bond donors (Lipinski definition) is 2. The molecule has 1 aromatic carbocycles. The third-order valence-electron chi connectivity index (χ3n) is 3.62. The molecule has 0 bridgehead atoms. The van der Waals surface area contributed by atoms with Crippen LogP contribution in [0.2, 0.25) is 0 Å². The highest BCUT2D eigenvalue weighted by molar-refractivity contribution is 7.89. The number of carbonyl (C=O) groups is 1. The molecule has 1 amide bonds. The van der Waals surface area contributed by atoms with Crippen LogP contribution in [0.4, 0.5) is 5.69 Å². The van der Waals surface area contributed by atoms with Crippen molar-refractivity contribution < 1.29 is 13.2 Å². The number of carbonyl (C=O) groups excluding carboxylic acids is 1. The Hall–Kier alpha value is -2.70. The maximum Gasteiger partial charge on any atom is 0.244 e. The number of aromatic nitrogens is 2. The lowest BCUT2D eigenvalue weighted by molar-refractivity contribution is -0.116. The Bertz CT molecular complexity index is 908. The Morgan fingerprint density at radius 3 is 2.68 bits per heavy atom. The van der Waals surface area contributed by atoms with Crippen molar-refractivity contribution in [3.8, 4) is 6.07 Å². The lowest BCUT2D eigenvalue weighted by Gasteiger charge is -2.21. The van der Waals surface area contributed by atoms with Gasteiger partial charge in [-0.15, -0.1) is 0 Å². The van der Waals surface area contributed by atoms with E-state index in [1.165, 1.54) is 11.8 Å². The smallest absolute Gasteiger partial charge is 0.244 e. The van der Waals surface area contributed by atoms with E-state index in [-0.39, 0.29) is 23.9 Å². The summed E-state index contributed by atoms with van der Waals surface area (Å²) in [7, 11) is -3.73. The summed E-state index contributed by atoms with van der Waals surface area (Å²) < 4.78 is 27.3. The predicted molar refractivity (Wildman–Crippen MR) is 92.4 cm³/mol. The quantitative estimate of drug-likeness (QED) is 0.802. The molecule has 0 saturated carbocycles. The van der Waals surface area contributed by atoms with E-state index in [2.05, 4.69) is 14.9 Å². The van der Waals surface area contributed by atoms with Crippen molar-refractivity contribution in [2.24, 2.45) is 0 Å². The molecule has 0 fully saturated rings. The summed E-state index contributed by atoms with van der Waals surface area (Å²) in [6.07, 6.45) is 0. The third kappa shape index (κ3) is 4.23. The fourth-order valence-corrected chi connectivity index (χ4v) is 3.90. The van der Waals surface area contributed by atoms with Crippen LogP contribution in [-0.4, -0.2) is 37.6 Å². The van der Waals surface area contributed by atoms with Crippen LogP contribution in [0.1, 0.15) is 23.9 Å². The molecule has 2 rings (SSSR count). The molecule has 1 aromatic heterocycles. The summed E-state index contributed by atoms with van der Waals surface area (Å²) in [6.45, 7) is 4.79. The molecule has 9 heteroatoms. The van der Waals surface area contributed by atoms with Crippen LogP contribution in [-0.2, 0) is 14.8 Å². The number of H-pyrrole nitrogens is 1. The average molecular weight is 361 g/mol. The molecule has 0 atom stereocenters. The number of nitriles is 1. The number of nitrogens with zero attached hydrogens (tertiary/aromatic N) is 3. The van der Waals surface area contributed by atoms with Crippen molar-refractivity contribution in [3.05, 3.63) is 41.2 Å². The summed E-state index contributed by atoms with van der Waals surface area (Å²) in [5, 5.41) is 15.5. The normalized spacial score (nSPS) is 11.1. The van der Waals surface area contributed by atoms with Gasteiger partial charge in [0.25, 0.3) is 0 Å². The molecule has 25 heavy (non-hydrogen) atoms. The van der Waals surface area contributed by atoms with E-state index in [9.17, 15) is 13.2 Å². The van der Waals surface area contributed by atoms with Crippen molar-refractivity contribution in [1.82, 2.24) is 14.9 Å². The zero-order valence-corrected chi connectivity index (χ0v) is 15.0. The highest BCUT2D eigenvalue weighted by Gasteiger charge is 2.22. The van der Waals surface area contributed by atoms with Gasteiger partial charge in [0.05, 0.1) is 23.0 Å². The van der Waals surface area contributed by atoms with Crippen molar-refractivity contribution >= 4 is 21.6 Å². The number of aromatic amines is 1. The SMILES string of the molecule is CC(=O)N(CCNS(=O)(=O)c1c(C)n[nH]c1C)c1cccc(C#N)c1. The lowest BCUT2D eigenvalue weighted by Crippen LogP contribution is -2.37. The summed E-state index contributed by atoms with van der Waals surface area (Å²) in [6, 6.07) is 8.60. The Balaban J connectivity index is 2.12. The lowest BCUT2D eigenvalue weighted by atomic mass is 10.2. The molecule has 0 spiro atoms. The van der Waals surface area contributed by atoms with Gasteiger partial charge in [-0.2, -0.15) is 10.4 Å². The standard InChI is InChI=1S/C16H19N5O3S/c1-11-16(12(2)20-19-11)25(23,24)18-7-8-21(13(3)22)15-6-4-5-14(9-15)10-17/h4-6,9,18H,7-8H2,1-3H3,(H,19,20). The number of sulfonamides is 1. The Kier molecular flexibility index (Phi) is 5.56. The zero-order valence-electron chi connectivity index (χ0n) is 14.2. The average Bonchev–Trinajstić information content (AvgIpc) is 2.90. The highest BCUT2D eigenvalue weighted by Crippen LogP contribution is 2.17. The Morgan fingerprint density at radius 2 is 2.12 bits per heavy atom. The molecule has 132 valence electrons. The van der Waals surface area contributed by atoms with Crippen LogP contribution in [0.3, 0.4) is 0 Å². The largest absolute Gasteiger partial charge is 0.311 e. The molecule has 0 saturated heterocycles. The zero-order chi connectivity index (χ0) is 18.6. The highest BCUT2D eigenvalue weighted by atomic mass is 32.2. The van der Waals surface area contributed by atoms with Gasteiger partial charge < -0.3 is 4.90 Å². The van der Waals surface area contributed by atoms with Crippen molar-refractivity contribution in [3.63, 3.8) is 0 Å². The van der Waals surface area contributed by atoms with E-state index < -0.39 is 10.0 Å². The minimum Gasteiger partial charge on any atom is -0.311 e. The van der Waals surface area contributed by atoms with E-state index in [4.69, 9.17) is 5.26 Å². The first-order valence-electron chi connectivity index (χ1n) is 7.55. The fraction of sp³-hybridized carbons (Fsp3) is 0.312. The number of nitrogens with one attached hydrogen (secondary N) is 2. The van der Waals surface area contributed by atoms with Crippen LogP contribution in [0.25, 0.3) is 0 Å². The van der Waals surface area contributed by atoms with Crippen LogP contribution in [0, 0.1) is 25.2 Å². The molecular weight excluding hydrogens is 342 g/mol. The number of anilines is 1. The number of hydrogen-bond acceptors (Lipinski definition) is 5. The van der Waals surface area contributed by atoms with Gasteiger partial charge in [-0.1, -0.05) is 6.07 Å². The minimum absolute atomic E-state index is 0.0305. The monoisotopic (exact) mass is 361 g/mol. The topological polar surface area (TPSA) is 119 Å². The summed E-state index contributed by atoms with van der Waals surface area (Å²) in [4.78, 5) is 13.4. The van der Waals surface area contributed by atoms with E-state index in [0.29, 0.717) is 22.6 Å². The Morgan fingerprint density at radius 1 is 1.40 bits per heavy atom. The summed E-state index contributed by atoms with van der Waals surface area (Å²) in [5.74, 6) is -0.245. The van der Waals surface area contributed by atoms with E-state index in [1.807, 2.05) is 6.07 Å². The molecule has 8 nitrogen and oxygen atoms in total.